The van der Waals surface area contributed by atoms with Crippen molar-refractivity contribution in [2.24, 2.45) is 11.8 Å². The van der Waals surface area contributed by atoms with Crippen LogP contribution in [0.3, 0.4) is 0 Å². The van der Waals surface area contributed by atoms with Crippen LogP contribution in [0.2, 0.25) is 0 Å². The van der Waals surface area contributed by atoms with Crippen LogP contribution < -0.4 is 10.6 Å². The maximum atomic E-state index is 13.2. The van der Waals surface area contributed by atoms with Crippen LogP contribution in [-0.4, -0.2) is 47.7 Å². The second kappa shape index (κ2) is 14.5. The van der Waals surface area contributed by atoms with Gasteiger partial charge in [0.15, 0.2) is 0 Å². The van der Waals surface area contributed by atoms with E-state index in [1.165, 1.54) is 0 Å². The zero-order valence-corrected chi connectivity index (χ0v) is 20.8. The summed E-state index contributed by atoms with van der Waals surface area (Å²) in [6, 6.07) is 9.42. The molecule has 0 bridgehead atoms. The molecule has 35 heavy (non-hydrogen) atoms. The molecule has 1 saturated carbocycles. The van der Waals surface area contributed by atoms with E-state index >= 15 is 0 Å². The topological polar surface area (TPSA) is 105 Å². The molecule has 2 rings (SSSR count). The number of carbonyl (C=O) groups is 3. The van der Waals surface area contributed by atoms with E-state index in [1.807, 2.05) is 30.3 Å². The number of aliphatic hydroxyl groups excluding tert-OH is 1. The number of nitrogens with one attached hydrogen (secondary N) is 2. The Morgan fingerprint density at radius 2 is 1.71 bits per heavy atom. The molecular formula is C28H40N2O5. The van der Waals surface area contributed by atoms with Gasteiger partial charge in [-0.25, -0.2) is 0 Å². The summed E-state index contributed by atoms with van der Waals surface area (Å²) in [7, 11) is 0. The fraction of sp³-hybridized carbons (Fsp3) is 0.536. The molecule has 1 aliphatic rings. The van der Waals surface area contributed by atoms with Gasteiger partial charge in [0.25, 0.3) is 0 Å². The summed E-state index contributed by atoms with van der Waals surface area (Å²) in [4.78, 5) is 38.4. The van der Waals surface area contributed by atoms with Crippen molar-refractivity contribution in [3.63, 3.8) is 0 Å². The Morgan fingerprint density at radius 3 is 2.31 bits per heavy atom. The number of amides is 2. The van der Waals surface area contributed by atoms with Crippen molar-refractivity contribution >= 4 is 17.8 Å². The molecule has 0 aliphatic heterocycles. The molecule has 7 heteroatoms. The van der Waals surface area contributed by atoms with Crippen molar-refractivity contribution in [1.29, 1.82) is 0 Å². The number of carbonyl (C=O) groups excluding carboxylic acids is 3. The number of allylic oxidation sites excluding steroid dienone is 2. The summed E-state index contributed by atoms with van der Waals surface area (Å²) >= 11 is 0. The molecule has 1 aromatic rings. The van der Waals surface area contributed by atoms with E-state index in [2.05, 4.69) is 23.8 Å². The molecule has 0 aromatic heterocycles. The maximum absolute atomic E-state index is 13.2. The monoisotopic (exact) mass is 484 g/mol. The van der Waals surface area contributed by atoms with Crippen molar-refractivity contribution < 1.29 is 24.2 Å². The Hall–Kier alpha value is -2.93. The minimum absolute atomic E-state index is 0.00343. The molecule has 192 valence electrons. The first-order chi connectivity index (χ1) is 16.8. The molecule has 3 atom stereocenters. The summed E-state index contributed by atoms with van der Waals surface area (Å²) < 4.78 is 5.78. The summed E-state index contributed by atoms with van der Waals surface area (Å²) in [5.74, 6) is -1.77. The van der Waals surface area contributed by atoms with Crippen LogP contribution in [0.4, 0.5) is 0 Å². The number of benzene rings is 1. The fourth-order valence-corrected chi connectivity index (χ4v) is 4.50. The van der Waals surface area contributed by atoms with Crippen molar-refractivity contribution in [2.75, 3.05) is 13.2 Å². The largest absolute Gasteiger partial charge is 0.463 e. The lowest BCUT2D eigenvalue weighted by molar-refractivity contribution is -0.151. The van der Waals surface area contributed by atoms with Gasteiger partial charge in [0.1, 0.15) is 6.61 Å². The molecule has 0 spiro atoms. The predicted octanol–water partition coefficient (Wildman–Crippen LogP) is 3.47. The zero-order valence-electron chi connectivity index (χ0n) is 20.8. The lowest BCUT2D eigenvalue weighted by Crippen LogP contribution is -2.52. The SMILES string of the molecule is C=CC[C@@H](CC(=O)N[C@@H](C)CO)C(=O)NC1(COC(=O)[C@H](CC=C)Cc2ccccc2)CCCC1. The maximum Gasteiger partial charge on any atom is 0.309 e. The van der Waals surface area contributed by atoms with Crippen molar-refractivity contribution in [1.82, 2.24) is 10.6 Å². The number of esters is 1. The Kier molecular flexibility index (Phi) is 11.7. The van der Waals surface area contributed by atoms with E-state index < -0.39 is 11.5 Å². The average molecular weight is 485 g/mol. The van der Waals surface area contributed by atoms with Gasteiger partial charge >= 0.3 is 5.97 Å². The third kappa shape index (κ3) is 9.32. The average Bonchev–Trinajstić information content (AvgIpc) is 3.31. The first-order valence-electron chi connectivity index (χ1n) is 12.5. The lowest BCUT2D eigenvalue weighted by Gasteiger charge is -2.32. The van der Waals surface area contributed by atoms with Gasteiger partial charge in [-0.2, -0.15) is 0 Å². The smallest absolute Gasteiger partial charge is 0.309 e. The number of hydrogen-bond donors (Lipinski definition) is 3. The van der Waals surface area contributed by atoms with E-state index in [-0.39, 0.29) is 49.4 Å². The van der Waals surface area contributed by atoms with Crippen LogP contribution in [0.25, 0.3) is 0 Å². The molecule has 0 saturated heterocycles. The van der Waals surface area contributed by atoms with E-state index in [0.717, 1.165) is 18.4 Å². The second-order valence-electron chi connectivity index (χ2n) is 9.57. The van der Waals surface area contributed by atoms with Crippen LogP contribution in [0.5, 0.6) is 0 Å². The highest BCUT2D eigenvalue weighted by Crippen LogP contribution is 2.31. The Morgan fingerprint density at radius 1 is 1.09 bits per heavy atom. The molecule has 0 unspecified atom stereocenters. The normalized spacial score (nSPS) is 17.0. The molecule has 1 aromatic carbocycles. The van der Waals surface area contributed by atoms with E-state index in [1.54, 1.807) is 19.1 Å². The highest BCUT2D eigenvalue weighted by Gasteiger charge is 2.39. The Balaban J connectivity index is 2.02. The summed E-state index contributed by atoms with van der Waals surface area (Å²) in [5, 5.41) is 14.9. The molecular weight excluding hydrogens is 444 g/mol. The number of rotatable bonds is 15. The lowest BCUT2D eigenvalue weighted by atomic mass is 9.93. The molecule has 0 radical (unpaired) electrons. The van der Waals surface area contributed by atoms with Gasteiger partial charge in [-0.1, -0.05) is 55.3 Å². The van der Waals surface area contributed by atoms with Crippen LogP contribution in [0, 0.1) is 11.8 Å². The van der Waals surface area contributed by atoms with Gasteiger partial charge in [-0.15, -0.1) is 13.2 Å². The van der Waals surface area contributed by atoms with Crippen LogP contribution in [0.1, 0.15) is 57.4 Å². The minimum atomic E-state index is -0.632. The molecule has 7 nitrogen and oxygen atoms in total. The standard InChI is InChI=1S/C28H40N2O5/c1-4-11-23(18-25(32)29-21(3)19-31)26(33)30-28(15-9-10-16-28)20-35-27(34)24(12-5-2)17-22-13-7-6-8-14-22/h4-8,13-14,21,23-24,31H,1-2,9-12,15-20H2,3H3,(H,29,32)(H,30,33)/t21-,23-,24+/m0/s1. The first kappa shape index (κ1) is 28.3. The molecule has 2 amide bonds. The zero-order chi connectivity index (χ0) is 25.7. The molecule has 0 heterocycles. The van der Waals surface area contributed by atoms with Crippen LogP contribution in [-0.2, 0) is 25.5 Å². The van der Waals surface area contributed by atoms with Gasteiger partial charge < -0.3 is 20.5 Å². The molecule has 3 N–H and O–H groups in total. The highest BCUT2D eigenvalue weighted by atomic mass is 16.5. The third-order valence-electron chi connectivity index (χ3n) is 6.48. The summed E-state index contributed by atoms with van der Waals surface area (Å²) in [6.45, 7) is 9.13. The van der Waals surface area contributed by atoms with E-state index in [9.17, 15) is 14.4 Å². The fourth-order valence-electron chi connectivity index (χ4n) is 4.50. The Bertz CT molecular complexity index is 848. The van der Waals surface area contributed by atoms with Crippen molar-refractivity contribution in [3.8, 4) is 0 Å². The number of aliphatic hydroxyl groups is 1. The first-order valence-corrected chi connectivity index (χ1v) is 12.5. The van der Waals surface area contributed by atoms with Gasteiger partial charge in [-0.3, -0.25) is 14.4 Å². The van der Waals surface area contributed by atoms with Crippen LogP contribution >= 0.6 is 0 Å². The van der Waals surface area contributed by atoms with Crippen LogP contribution in [0.15, 0.2) is 55.6 Å². The molecule has 1 aliphatic carbocycles. The van der Waals surface area contributed by atoms with Crippen molar-refractivity contribution in [3.05, 3.63) is 61.2 Å². The summed E-state index contributed by atoms with van der Waals surface area (Å²) in [6.07, 6.45) is 8.05. The quantitative estimate of drug-likeness (QED) is 0.261. The molecule has 1 fully saturated rings. The summed E-state index contributed by atoms with van der Waals surface area (Å²) in [5.41, 5.74) is 0.424. The van der Waals surface area contributed by atoms with Gasteiger partial charge in [0, 0.05) is 12.5 Å². The predicted molar refractivity (Wildman–Crippen MR) is 136 cm³/mol. The second-order valence-corrected chi connectivity index (χ2v) is 9.57. The van der Waals surface area contributed by atoms with Gasteiger partial charge in [-0.05, 0) is 44.6 Å². The van der Waals surface area contributed by atoms with Gasteiger partial charge in [0.05, 0.1) is 24.0 Å². The Labute approximate surface area is 209 Å². The van der Waals surface area contributed by atoms with E-state index in [0.29, 0.717) is 32.1 Å². The minimum Gasteiger partial charge on any atom is -0.463 e. The highest BCUT2D eigenvalue weighted by molar-refractivity contribution is 5.86. The third-order valence-corrected chi connectivity index (χ3v) is 6.48. The van der Waals surface area contributed by atoms with E-state index in [4.69, 9.17) is 9.84 Å². The number of hydrogen-bond acceptors (Lipinski definition) is 5. The number of ether oxygens (including phenoxy) is 1. The van der Waals surface area contributed by atoms with Gasteiger partial charge in [0.2, 0.25) is 11.8 Å². The van der Waals surface area contributed by atoms with Crippen molar-refractivity contribution in [2.45, 2.75) is 69.9 Å².